The van der Waals surface area contributed by atoms with E-state index in [0.29, 0.717) is 32.0 Å². The lowest BCUT2D eigenvalue weighted by molar-refractivity contribution is -0.00213. The molecule has 1 aromatic heterocycles. The molecule has 0 radical (unpaired) electrons. The van der Waals surface area contributed by atoms with Crippen LogP contribution >= 0.6 is 0 Å². The van der Waals surface area contributed by atoms with Gasteiger partial charge in [0.25, 0.3) is 0 Å². The zero-order valence-corrected chi connectivity index (χ0v) is 19.4. The highest BCUT2D eigenvalue weighted by molar-refractivity contribution is 7.88. The molecule has 2 aliphatic rings. The number of rotatable bonds is 7. The van der Waals surface area contributed by atoms with Crippen molar-refractivity contribution in [2.24, 2.45) is 5.92 Å². The Morgan fingerprint density at radius 3 is 2.53 bits per heavy atom. The van der Waals surface area contributed by atoms with Gasteiger partial charge in [0.1, 0.15) is 5.82 Å². The topological polar surface area (TPSA) is 91.5 Å². The Bertz CT molecular complexity index is 1030. The SMILES string of the molecule is CS(=O)(=O)N[C@H]1CCN(c2cc(=O)cc[nH]2)C[C@H]1COC1CCC(c2ccccc2)CC1. The van der Waals surface area contributed by atoms with Crippen molar-refractivity contribution in [3.05, 3.63) is 64.4 Å². The van der Waals surface area contributed by atoms with Gasteiger partial charge in [0.05, 0.1) is 19.0 Å². The van der Waals surface area contributed by atoms with Crippen molar-refractivity contribution in [1.29, 1.82) is 0 Å². The average molecular weight is 460 g/mol. The van der Waals surface area contributed by atoms with Gasteiger partial charge in [-0.05, 0) is 43.6 Å². The molecule has 1 saturated heterocycles. The maximum Gasteiger partial charge on any atom is 0.208 e. The molecule has 8 heteroatoms. The predicted octanol–water partition coefficient (Wildman–Crippen LogP) is 2.86. The van der Waals surface area contributed by atoms with Crippen LogP contribution in [0, 0.1) is 5.92 Å². The molecule has 2 aromatic rings. The molecule has 2 fully saturated rings. The van der Waals surface area contributed by atoms with Crippen molar-refractivity contribution in [2.75, 3.05) is 30.9 Å². The molecule has 1 saturated carbocycles. The number of sulfonamides is 1. The number of anilines is 1. The van der Waals surface area contributed by atoms with E-state index in [4.69, 9.17) is 4.74 Å². The van der Waals surface area contributed by atoms with Crippen LogP contribution in [0.1, 0.15) is 43.6 Å². The summed E-state index contributed by atoms with van der Waals surface area (Å²) in [6.07, 6.45) is 7.99. The second-order valence-corrected chi connectivity index (χ2v) is 10.9. The van der Waals surface area contributed by atoms with E-state index in [2.05, 4.69) is 44.9 Å². The minimum absolute atomic E-state index is 0.00836. The number of nitrogens with one attached hydrogen (secondary N) is 2. The van der Waals surface area contributed by atoms with Crippen LogP contribution < -0.4 is 15.1 Å². The smallest absolute Gasteiger partial charge is 0.208 e. The summed E-state index contributed by atoms with van der Waals surface area (Å²) in [5, 5.41) is 0. The van der Waals surface area contributed by atoms with E-state index >= 15 is 0 Å². The Balaban J connectivity index is 1.36. The summed E-state index contributed by atoms with van der Waals surface area (Å²) in [5.74, 6) is 1.37. The summed E-state index contributed by atoms with van der Waals surface area (Å²) in [7, 11) is -3.31. The second-order valence-electron chi connectivity index (χ2n) is 9.12. The van der Waals surface area contributed by atoms with Crippen molar-refractivity contribution in [3.63, 3.8) is 0 Å². The maximum atomic E-state index is 11.9. The Morgan fingerprint density at radius 2 is 1.84 bits per heavy atom. The van der Waals surface area contributed by atoms with E-state index < -0.39 is 10.0 Å². The van der Waals surface area contributed by atoms with Gasteiger partial charge in [-0.25, -0.2) is 13.1 Å². The molecule has 0 bridgehead atoms. The van der Waals surface area contributed by atoms with Gasteiger partial charge in [-0.2, -0.15) is 0 Å². The van der Waals surface area contributed by atoms with E-state index in [0.717, 1.165) is 31.5 Å². The zero-order chi connectivity index (χ0) is 22.6. The first kappa shape index (κ1) is 23.0. The van der Waals surface area contributed by atoms with E-state index in [9.17, 15) is 13.2 Å². The molecule has 2 N–H and O–H groups in total. The first-order chi connectivity index (χ1) is 15.4. The van der Waals surface area contributed by atoms with E-state index in [1.54, 1.807) is 12.3 Å². The lowest BCUT2D eigenvalue weighted by Gasteiger charge is -2.40. The third-order valence-electron chi connectivity index (χ3n) is 6.69. The molecular weight excluding hydrogens is 426 g/mol. The van der Waals surface area contributed by atoms with Crippen LogP contribution in [0.2, 0.25) is 0 Å². The minimum atomic E-state index is -3.31. The fourth-order valence-electron chi connectivity index (χ4n) is 5.01. The van der Waals surface area contributed by atoms with Gasteiger partial charge >= 0.3 is 0 Å². The lowest BCUT2D eigenvalue weighted by Crippen LogP contribution is -2.52. The minimum Gasteiger partial charge on any atom is -0.378 e. The first-order valence-corrected chi connectivity index (χ1v) is 13.3. The van der Waals surface area contributed by atoms with Gasteiger partial charge < -0.3 is 14.6 Å². The van der Waals surface area contributed by atoms with Crippen molar-refractivity contribution in [3.8, 4) is 0 Å². The number of aromatic amines is 1. The number of hydrogen-bond donors (Lipinski definition) is 2. The number of piperidine rings is 1. The molecule has 0 spiro atoms. The molecule has 1 aliphatic heterocycles. The molecular formula is C24H33N3O4S. The van der Waals surface area contributed by atoms with Crippen LogP contribution in [0.3, 0.4) is 0 Å². The summed E-state index contributed by atoms with van der Waals surface area (Å²) in [6, 6.07) is 13.6. The monoisotopic (exact) mass is 459 g/mol. The van der Waals surface area contributed by atoms with Gasteiger partial charge in [-0.15, -0.1) is 0 Å². The predicted molar refractivity (Wildman–Crippen MR) is 127 cm³/mol. The highest BCUT2D eigenvalue weighted by Crippen LogP contribution is 2.34. The van der Waals surface area contributed by atoms with Gasteiger partial charge in [-0.3, -0.25) is 4.79 Å². The average Bonchev–Trinajstić information content (AvgIpc) is 2.78. The Morgan fingerprint density at radius 1 is 1.09 bits per heavy atom. The van der Waals surface area contributed by atoms with Gasteiger partial charge in [0.2, 0.25) is 10.0 Å². The fraction of sp³-hybridized carbons (Fsp3) is 0.542. The normalized spacial score (nSPS) is 26.7. The van der Waals surface area contributed by atoms with E-state index in [-0.39, 0.29) is 23.5 Å². The molecule has 7 nitrogen and oxygen atoms in total. The van der Waals surface area contributed by atoms with Crippen molar-refractivity contribution in [2.45, 2.75) is 50.2 Å². The second kappa shape index (κ2) is 10.2. The molecule has 174 valence electrons. The largest absolute Gasteiger partial charge is 0.378 e. The number of aromatic nitrogens is 1. The highest BCUT2D eigenvalue weighted by atomic mass is 32.2. The number of pyridine rings is 1. The van der Waals surface area contributed by atoms with Gasteiger partial charge in [-0.1, -0.05) is 30.3 Å². The Labute approximate surface area is 190 Å². The standard InChI is InChI=1S/C24H33N3O4S/c1-32(29,30)26-23-12-14-27(24-15-21(28)11-13-25-24)16-20(23)17-31-22-9-7-19(8-10-22)18-5-3-2-4-6-18/h2-6,11,13,15,19-20,22-23,26H,7-10,12,14,16-17H2,1H3,(H,25,28)/t19?,20-,22?,23-/m0/s1. The highest BCUT2D eigenvalue weighted by Gasteiger charge is 2.33. The first-order valence-electron chi connectivity index (χ1n) is 11.4. The molecule has 2 atom stereocenters. The van der Waals surface area contributed by atoms with Crippen LogP contribution in [-0.2, 0) is 14.8 Å². The fourth-order valence-corrected chi connectivity index (χ4v) is 5.87. The van der Waals surface area contributed by atoms with Gasteiger partial charge in [0, 0.05) is 43.4 Å². The quantitative estimate of drug-likeness (QED) is 0.664. The van der Waals surface area contributed by atoms with E-state index in [1.807, 2.05) is 0 Å². The third kappa shape index (κ3) is 6.21. The maximum absolute atomic E-state index is 11.9. The van der Waals surface area contributed by atoms with Crippen molar-refractivity contribution in [1.82, 2.24) is 9.71 Å². The summed E-state index contributed by atoms with van der Waals surface area (Å²) in [4.78, 5) is 17.0. The number of benzene rings is 1. The van der Waals surface area contributed by atoms with Crippen LogP contribution in [0.15, 0.2) is 53.5 Å². The molecule has 4 rings (SSSR count). The number of hydrogen-bond acceptors (Lipinski definition) is 5. The van der Waals surface area contributed by atoms with Crippen LogP contribution in [0.4, 0.5) is 5.82 Å². The van der Waals surface area contributed by atoms with Crippen molar-refractivity contribution >= 4 is 15.8 Å². The summed E-state index contributed by atoms with van der Waals surface area (Å²) >= 11 is 0. The van der Waals surface area contributed by atoms with Crippen LogP contribution in [0.25, 0.3) is 0 Å². The molecule has 1 aromatic carbocycles. The van der Waals surface area contributed by atoms with Gasteiger partial charge in [0.15, 0.2) is 5.43 Å². The molecule has 32 heavy (non-hydrogen) atoms. The van der Waals surface area contributed by atoms with Crippen LogP contribution in [-0.4, -0.2) is 51.5 Å². The number of H-pyrrole nitrogens is 1. The summed E-state index contributed by atoms with van der Waals surface area (Å²) in [6.45, 7) is 1.81. The Kier molecular flexibility index (Phi) is 7.33. The molecule has 2 heterocycles. The number of ether oxygens (including phenoxy) is 1. The molecule has 1 aliphatic carbocycles. The van der Waals surface area contributed by atoms with Crippen molar-refractivity contribution < 1.29 is 13.2 Å². The lowest BCUT2D eigenvalue weighted by atomic mass is 9.82. The zero-order valence-electron chi connectivity index (χ0n) is 18.6. The van der Waals surface area contributed by atoms with E-state index in [1.165, 1.54) is 17.9 Å². The molecule has 0 unspecified atom stereocenters. The van der Waals surface area contributed by atoms with Crippen LogP contribution in [0.5, 0.6) is 0 Å². The Hall–Kier alpha value is -2.16. The third-order valence-corrected chi connectivity index (χ3v) is 7.42. The molecule has 0 amide bonds. The summed E-state index contributed by atoms with van der Waals surface area (Å²) < 4.78 is 32.9. The summed E-state index contributed by atoms with van der Waals surface area (Å²) in [5.41, 5.74) is 1.36. The number of nitrogens with zero attached hydrogens (tertiary/aromatic N) is 1.